The minimum Gasteiger partial charge on any atom is -0.273 e. The summed E-state index contributed by atoms with van der Waals surface area (Å²) in [4.78, 5) is 44.5. The third kappa shape index (κ3) is 3.52. The molecule has 0 aromatic heterocycles. The zero-order chi connectivity index (χ0) is 23.3. The summed E-state index contributed by atoms with van der Waals surface area (Å²) >= 11 is 12.1. The van der Waals surface area contributed by atoms with Gasteiger partial charge in [-0.2, -0.15) is 0 Å². The summed E-state index contributed by atoms with van der Waals surface area (Å²) in [6, 6.07) is 18.8. The average molecular weight is 484 g/mol. The first-order valence-corrected chi connectivity index (χ1v) is 10.7. The van der Waals surface area contributed by atoms with Crippen LogP contribution in [0.3, 0.4) is 0 Å². The van der Waals surface area contributed by atoms with Crippen molar-refractivity contribution < 1.29 is 19.3 Å². The van der Waals surface area contributed by atoms with Gasteiger partial charge in [-0.25, -0.2) is 9.96 Å². The molecule has 0 unspecified atom stereocenters. The lowest BCUT2D eigenvalue weighted by Crippen LogP contribution is -2.37. The van der Waals surface area contributed by atoms with Crippen LogP contribution in [0.2, 0.25) is 10.0 Å². The van der Waals surface area contributed by atoms with Crippen molar-refractivity contribution in [2.24, 2.45) is 5.92 Å². The second-order valence-corrected chi connectivity index (χ2v) is 8.43. The molecule has 33 heavy (non-hydrogen) atoms. The molecule has 3 atom stereocenters. The van der Waals surface area contributed by atoms with E-state index >= 15 is 0 Å². The van der Waals surface area contributed by atoms with Gasteiger partial charge in [0.15, 0.2) is 6.10 Å². The Morgan fingerprint density at radius 1 is 0.848 bits per heavy atom. The Morgan fingerprint density at radius 2 is 1.55 bits per heavy atom. The number of carbonyl (C=O) groups is 2. The molecule has 10 heteroatoms. The van der Waals surface area contributed by atoms with Crippen molar-refractivity contribution in [1.82, 2.24) is 0 Å². The summed E-state index contributed by atoms with van der Waals surface area (Å²) in [5.41, 5.74) is 1.48. The van der Waals surface area contributed by atoms with E-state index in [1.54, 1.807) is 30.3 Å². The van der Waals surface area contributed by atoms with Gasteiger partial charge in [0.05, 0.1) is 32.4 Å². The monoisotopic (exact) mass is 483 g/mol. The second kappa shape index (κ2) is 8.15. The maximum atomic E-state index is 13.5. The van der Waals surface area contributed by atoms with E-state index < -0.39 is 34.8 Å². The van der Waals surface area contributed by atoms with Crippen LogP contribution in [0.15, 0.2) is 72.8 Å². The average Bonchev–Trinajstić information content (AvgIpc) is 3.32. The molecule has 8 nitrogen and oxygen atoms in total. The van der Waals surface area contributed by atoms with Crippen molar-refractivity contribution in [3.05, 3.63) is 98.5 Å². The topological polar surface area (TPSA) is 93.0 Å². The summed E-state index contributed by atoms with van der Waals surface area (Å²) in [6.07, 6.45) is -1.06. The molecule has 2 heterocycles. The highest BCUT2D eigenvalue weighted by atomic mass is 35.5. The Bertz CT molecular complexity index is 1270. The van der Waals surface area contributed by atoms with Crippen molar-refractivity contribution in [2.75, 3.05) is 9.96 Å². The number of nitrogens with zero attached hydrogens (tertiary/aromatic N) is 3. The second-order valence-electron chi connectivity index (χ2n) is 7.62. The molecule has 0 N–H and O–H groups in total. The number of hydrogen-bond acceptors (Lipinski definition) is 6. The molecule has 166 valence electrons. The van der Waals surface area contributed by atoms with Crippen LogP contribution in [-0.4, -0.2) is 22.8 Å². The number of imide groups is 1. The number of rotatable bonds is 4. The predicted molar refractivity (Wildman–Crippen MR) is 122 cm³/mol. The fraction of sp³-hybridized carbons (Fsp3) is 0.130. The molecule has 2 aliphatic heterocycles. The van der Waals surface area contributed by atoms with Crippen LogP contribution in [0.25, 0.3) is 0 Å². The zero-order valence-electron chi connectivity index (χ0n) is 16.8. The van der Waals surface area contributed by atoms with Gasteiger partial charge in [0, 0.05) is 12.1 Å². The first-order chi connectivity index (χ1) is 15.9. The number of nitro groups is 1. The molecule has 0 radical (unpaired) electrons. The Kier molecular flexibility index (Phi) is 5.28. The van der Waals surface area contributed by atoms with Gasteiger partial charge in [0.25, 0.3) is 11.6 Å². The first-order valence-electron chi connectivity index (χ1n) is 9.95. The number of hydrogen-bond donors (Lipinski definition) is 0. The third-order valence-corrected chi connectivity index (χ3v) is 6.47. The van der Waals surface area contributed by atoms with Gasteiger partial charge in [0.2, 0.25) is 5.91 Å². The van der Waals surface area contributed by atoms with Crippen molar-refractivity contribution in [2.45, 2.75) is 12.1 Å². The summed E-state index contributed by atoms with van der Waals surface area (Å²) in [6.45, 7) is 0. The van der Waals surface area contributed by atoms with Crippen molar-refractivity contribution in [3.8, 4) is 0 Å². The smallest absolute Gasteiger partial charge is 0.269 e. The van der Waals surface area contributed by atoms with Crippen LogP contribution >= 0.6 is 23.2 Å². The molecular formula is C23H15Cl2N3O5. The molecule has 5 rings (SSSR count). The van der Waals surface area contributed by atoms with Gasteiger partial charge in [-0.3, -0.25) is 24.5 Å². The van der Waals surface area contributed by atoms with E-state index in [9.17, 15) is 19.7 Å². The molecular weight excluding hydrogens is 469 g/mol. The molecule has 2 amide bonds. The number of fused-ring (bicyclic) bond motifs is 1. The molecule has 2 fully saturated rings. The van der Waals surface area contributed by atoms with Crippen LogP contribution < -0.4 is 9.96 Å². The van der Waals surface area contributed by atoms with E-state index in [-0.39, 0.29) is 10.7 Å². The molecule has 2 saturated heterocycles. The van der Waals surface area contributed by atoms with Gasteiger partial charge in [-0.05, 0) is 35.9 Å². The van der Waals surface area contributed by atoms with E-state index in [4.69, 9.17) is 28.0 Å². The van der Waals surface area contributed by atoms with Crippen molar-refractivity contribution in [3.63, 3.8) is 0 Å². The maximum Gasteiger partial charge on any atom is 0.269 e. The molecule has 0 spiro atoms. The highest BCUT2D eigenvalue weighted by Crippen LogP contribution is 2.48. The van der Waals surface area contributed by atoms with Gasteiger partial charge in [-0.15, -0.1) is 0 Å². The van der Waals surface area contributed by atoms with Gasteiger partial charge >= 0.3 is 0 Å². The SMILES string of the molecule is O=C1[C@H]2[C@@H](ON(c3ccccc3)[C@H]2c2ccc([N+](=O)[O-])cc2)C(=O)N1c1ccc(Cl)c(Cl)c1. The highest BCUT2D eigenvalue weighted by Gasteiger charge is 2.60. The number of halogens is 2. The number of carbonyl (C=O) groups excluding carboxylic acids is 2. The summed E-state index contributed by atoms with van der Waals surface area (Å²) in [5.74, 6) is -1.84. The quantitative estimate of drug-likeness (QED) is 0.296. The van der Waals surface area contributed by atoms with E-state index in [1.165, 1.54) is 29.3 Å². The van der Waals surface area contributed by atoms with Gasteiger partial charge < -0.3 is 0 Å². The predicted octanol–water partition coefficient (Wildman–Crippen LogP) is 4.95. The van der Waals surface area contributed by atoms with E-state index in [2.05, 4.69) is 0 Å². The minimum atomic E-state index is -1.06. The molecule has 0 saturated carbocycles. The number of benzene rings is 3. The Hall–Kier alpha value is -3.46. The largest absolute Gasteiger partial charge is 0.273 e. The van der Waals surface area contributed by atoms with Crippen LogP contribution in [0.4, 0.5) is 17.1 Å². The summed E-state index contributed by atoms with van der Waals surface area (Å²) in [7, 11) is 0. The van der Waals surface area contributed by atoms with E-state index in [1.807, 2.05) is 18.2 Å². The van der Waals surface area contributed by atoms with Crippen LogP contribution in [-0.2, 0) is 14.4 Å². The molecule has 2 aliphatic rings. The van der Waals surface area contributed by atoms with Crippen LogP contribution in [0.1, 0.15) is 11.6 Å². The third-order valence-electron chi connectivity index (χ3n) is 5.73. The summed E-state index contributed by atoms with van der Waals surface area (Å²) < 4.78 is 0. The Labute approximate surface area is 198 Å². The highest BCUT2D eigenvalue weighted by molar-refractivity contribution is 6.42. The lowest BCUT2D eigenvalue weighted by atomic mass is 9.90. The van der Waals surface area contributed by atoms with E-state index in [0.29, 0.717) is 22.0 Å². The van der Waals surface area contributed by atoms with Crippen molar-refractivity contribution in [1.29, 1.82) is 0 Å². The minimum absolute atomic E-state index is 0.0771. The normalized spacial score (nSPS) is 22.1. The Balaban J connectivity index is 1.58. The van der Waals surface area contributed by atoms with Crippen LogP contribution in [0.5, 0.6) is 0 Å². The number of amides is 2. The lowest BCUT2D eigenvalue weighted by molar-refractivity contribution is -0.384. The first kappa shape index (κ1) is 21.4. The van der Waals surface area contributed by atoms with E-state index in [0.717, 1.165) is 4.90 Å². The zero-order valence-corrected chi connectivity index (χ0v) is 18.3. The maximum absolute atomic E-state index is 13.5. The van der Waals surface area contributed by atoms with Gasteiger partial charge in [-0.1, -0.05) is 53.5 Å². The fourth-order valence-corrected chi connectivity index (χ4v) is 4.52. The molecule has 0 bridgehead atoms. The standard InChI is InChI=1S/C23H15Cl2N3O5/c24-17-11-10-16(12-18(17)25)26-22(29)19-20(13-6-8-15(9-7-13)28(31)32)27(33-21(19)23(26)30)14-4-2-1-3-5-14/h1-12,19-21H/t19-,20+,21-/m1/s1. The number of nitro benzene ring substituents is 1. The lowest BCUT2D eigenvalue weighted by Gasteiger charge is -2.28. The summed E-state index contributed by atoms with van der Waals surface area (Å²) in [5, 5.41) is 13.1. The number of anilines is 2. The van der Waals surface area contributed by atoms with Gasteiger partial charge in [0.1, 0.15) is 5.92 Å². The number of non-ortho nitro benzene ring substituents is 1. The molecule has 0 aliphatic carbocycles. The molecule has 3 aromatic carbocycles. The number of para-hydroxylation sites is 1. The Morgan fingerprint density at radius 3 is 2.18 bits per heavy atom. The fourth-order valence-electron chi connectivity index (χ4n) is 4.22. The van der Waals surface area contributed by atoms with Crippen LogP contribution in [0, 0.1) is 16.0 Å². The van der Waals surface area contributed by atoms with Crippen molar-refractivity contribution >= 4 is 52.1 Å². The number of hydroxylamine groups is 1. The molecule has 3 aromatic rings.